The first-order chi connectivity index (χ1) is 9.45. The highest BCUT2D eigenvalue weighted by Crippen LogP contribution is 2.15. The summed E-state index contributed by atoms with van der Waals surface area (Å²) in [5, 5.41) is 0. The second-order valence-corrected chi connectivity index (χ2v) is 4.87. The third-order valence-electron chi connectivity index (χ3n) is 2.78. The van der Waals surface area contributed by atoms with Crippen LogP contribution in [0.15, 0.2) is 24.3 Å². The number of nitrogens with two attached hydrogens (primary N) is 1. The summed E-state index contributed by atoms with van der Waals surface area (Å²) < 4.78 is 5.46. The number of rotatable bonds is 7. The van der Waals surface area contributed by atoms with Crippen LogP contribution in [0.1, 0.15) is 37.6 Å². The van der Waals surface area contributed by atoms with Crippen molar-refractivity contribution in [3.8, 4) is 5.75 Å². The second-order valence-electron chi connectivity index (χ2n) is 4.87. The lowest BCUT2D eigenvalue weighted by Gasteiger charge is -2.25. The SMILES string of the molecule is CCCOc1ccc(C(=O)N(CC(N)=O)C(C)C)cc1. The summed E-state index contributed by atoms with van der Waals surface area (Å²) in [4.78, 5) is 24.8. The Morgan fingerprint density at radius 3 is 2.30 bits per heavy atom. The number of ether oxygens (including phenoxy) is 1. The maximum Gasteiger partial charge on any atom is 0.254 e. The number of benzene rings is 1. The van der Waals surface area contributed by atoms with Gasteiger partial charge in [-0.3, -0.25) is 9.59 Å². The molecular formula is C15H22N2O3. The molecule has 0 aromatic heterocycles. The lowest BCUT2D eigenvalue weighted by atomic mass is 10.1. The molecule has 5 nitrogen and oxygen atoms in total. The fourth-order valence-electron chi connectivity index (χ4n) is 1.74. The molecule has 2 amide bonds. The van der Waals surface area contributed by atoms with Crippen LogP contribution in [0.2, 0.25) is 0 Å². The molecule has 0 saturated carbocycles. The fourth-order valence-corrected chi connectivity index (χ4v) is 1.74. The predicted molar refractivity (Wildman–Crippen MR) is 77.6 cm³/mol. The summed E-state index contributed by atoms with van der Waals surface area (Å²) >= 11 is 0. The van der Waals surface area contributed by atoms with Gasteiger partial charge >= 0.3 is 0 Å². The standard InChI is InChI=1S/C15H22N2O3/c1-4-9-20-13-7-5-12(6-8-13)15(19)17(11(2)3)10-14(16)18/h5-8,11H,4,9-10H2,1-3H3,(H2,16,18). The van der Waals surface area contributed by atoms with Crippen molar-refractivity contribution >= 4 is 11.8 Å². The molecule has 110 valence electrons. The van der Waals surface area contributed by atoms with E-state index < -0.39 is 5.91 Å². The minimum atomic E-state index is -0.519. The fraction of sp³-hybridized carbons (Fsp3) is 0.467. The summed E-state index contributed by atoms with van der Waals surface area (Å²) in [5.74, 6) is 0.00480. The third kappa shape index (κ3) is 4.57. The van der Waals surface area contributed by atoms with E-state index in [0.29, 0.717) is 12.2 Å². The molecule has 0 aliphatic rings. The molecule has 0 bridgehead atoms. The Morgan fingerprint density at radius 2 is 1.85 bits per heavy atom. The maximum atomic E-state index is 12.3. The van der Waals surface area contributed by atoms with E-state index in [-0.39, 0.29) is 18.5 Å². The van der Waals surface area contributed by atoms with Crippen LogP contribution in [-0.2, 0) is 4.79 Å². The van der Waals surface area contributed by atoms with Crippen LogP contribution >= 0.6 is 0 Å². The summed E-state index contributed by atoms with van der Waals surface area (Å²) in [6.45, 7) is 6.29. The highest BCUT2D eigenvalue weighted by Gasteiger charge is 2.20. The molecule has 0 spiro atoms. The highest BCUT2D eigenvalue weighted by molar-refractivity contribution is 5.96. The molecule has 0 unspecified atom stereocenters. The average Bonchev–Trinajstić information content (AvgIpc) is 2.42. The van der Waals surface area contributed by atoms with Crippen molar-refractivity contribution in [3.63, 3.8) is 0 Å². The van der Waals surface area contributed by atoms with Gasteiger partial charge in [-0.1, -0.05) is 6.92 Å². The Labute approximate surface area is 119 Å². The molecule has 0 heterocycles. The highest BCUT2D eigenvalue weighted by atomic mass is 16.5. The van der Waals surface area contributed by atoms with Crippen LogP contribution in [0.4, 0.5) is 0 Å². The van der Waals surface area contributed by atoms with Gasteiger partial charge in [-0.05, 0) is 44.5 Å². The van der Waals surface area contributed by atoms with Crippen molar-refractivity contribution in [1.29, 1.82) is 0 Å². The number of hydrogen-bond acceptors (Lipinski definition) is 3. The van der Waals surface area contributed by atoms with Crippen molar-refractivity contribution in [3.05, 3.63) is 29.8 Å². The molecule has 1 rings (SSSR count). The molecule has 1 aromatic rings. The third-order valence-corrected chi connectivity index (χ3v) is 2.78. The second kappa shape index (κ2) is 7.53. The molecule has 0 fully saturated rings. The molecule has 1 aromatic carbocycles. The van der Waals surface area contributed by atoms with Gasteiger partial charge in [-0.25, -0.2) is 0 Å². The van der Waals surface area contributed by atoms with E-state index in [1.165, 1.54) is 4.90 Å². The minimum Gasteiger partial charge on any atom is -0.494 e. The van der Waals surface area contributed by atoms with Crippen molar-refractivity contribution in [2.24, 2.45) is 5.73 Å². The van der Waals surface area contributed by atoms with Gasteiger partial charge < -0.3 is 15.4 Å². The normalized spacial score (nSPS) is 10.4. The Bertz CT molecular complexity index is 455. The van der Waals surface area contributed by atoms with Gasteiger partial charge in [0.05, 0.1) is 13.2 Å². The van der Waals surface area contributed by atoms with Gasteiger partial charge in [0, 0.05) is 11.6 Å². The van der Waals surface area contributed by atoms with Crippen molar-refractivity contribution in [2.75, 3.05) is 13.2 Å². The van der Waals surface area contributed by atoms with Gasteiger partial charge in [-0.15, -0.1) is 0 Å². The van der Waals surface area contributed by atoms with E-state index >= 15 is 0 Å². The van der Waals surface area contributed by atoms with E-state index in [1.807, 2.05) is 20.8 Å². The Morgan fingerprint density at radius 1 is 1.25 bits per heavy atom. The topological polar surface area (TPSA) is 72.6 Å². The first-order valence-corrected chi connectivity index (χ1v) is 6.77. The smallest absolute Gasteiger partial charge is 0.254 e. The zero-order valence-electron chi connectivity index (χ0n) is 12.3. The molecule has 2 N–H and O–H groups in total. The molecule has 20 heavy (non-hydrogen) atoms. The number of carbonyl (C=O) groups is 2. The number of primary amides is 1. The molecular weight excluding hydrogens is 256 g/mol. The summed E-state index contributed by atoms with van der Waals surface area (Å²) in [6.07, 6.45) is 0.931. The number of hydrogen-bond donors (Lipinski definition) is 1. The van der Waals surface area contributed by atoms with Gasteiger partial charge in [-0.2, -0.15) is 0 Å². The zero-order valence-corrected chi connectivity index (χ0v) is 12.3. The summed E-state index contributed by atoms with van der Waals surface area (Å²) in [5.41, 5.74) is 5.69. The Kier molecular flexibility index (Phi) is 6.03. The molecule has 5 heteroatoms. The molecule has 0 radical (unpaired) electrons. The van der Waals surface area contributed by atoms with E-state index in [0.717, 1.165) is 12.2 Å². The quantitative estimate of drug-likeness (QED) is 0.826. The predicted octanol–water partition coefficient (Wildman–Crippen LogP) is 1.81. The van der Waals surface area contributed by atoms with Crippen LogP contribution in [0, 0.1) is 0 Å². The van der Waals surface area contributed by atoms with Crippen LogP contribution in [0.25, 0.3) is 0 Å². The Hall–Kier alpha value is -2.04. The summed E-state index contributed by atoms with van der Waals surface area (Å²) in [7, 11) is 0. The molecule has 0 aliphatic heterocycles. The first-order valence-electron chi connectivity index (χ1n) is 6.77. The van der Waals surface area contributed by atoms with Crippen LogP contribution in [-0.4, -0.2) is 35.9 Å². The van der Waals surface area contributed by atoms with Gasteiger partial charge in [0.1, 0.15) is 5.75 Å². The lowest BCUT2D eigenvalue weighted by molar-refractivity contribution is -0.119. The van der Waals surface area contributed by atoms with Crippen LogP contribution in [0.5, 0.6) is 5.75 Å². The van der Waals surface area contributed by atoms with E-state index in [2.05, 4.69) is 0 Å². The molecule has 0 aliphatic carbocycles. The number of amides is 2. The van der Waals surface area contributed by atoms with Crippen LogP contribution in [0.3, 0.4) is 0 Å². The van der Waals surface area contributed by atoms with E-state index in [9.17, 15) is 9.59 Å². The van der Waals surface area contributed by atoms with Crippen LogP contribution < -0.4 is 10.5 Å². The first kappa shape index (κ1) is 16.0. The summed E-state index contributed by atoms with van der Waals surface area (Å²) in [6, 6.07) is 6.82. The number of carbonyl (C=O) groups excluding carboxylic acids is 2. The monoisotopic (exact) mass is 278 g/mol. The largest absolute Gasteiger partial charge is 0.494 e. The maximum absolute atomic E-state index is 12.3. The van der Waals surface area contributed by atoms with E-state index in [1.54, 1.807) is 24.3 Å². The van der Waals surface area contributed by atoms with Crippen molar-refractivity contribution < 1.29 is 14.3 Å². The Balaban J connectivity index is 2.81. The van der Waals surface area contributed by atoms with Crippen molar-refractivity contribution in [1.82, 2.24) is 4.90 Å². The average molecular weight is 278 g/mol. The number of nitrogens with zero attached hydrogens (tertiary/aromatic N) is 1. The molecule has 0 saturated heterocycles. The lowest BCUT2D eigenvalue weighted by Crippen LogP contribution is -2.42. The van der Waals surface area contributed by atoms with E-state index in [4.69, 9.17) is 10.5 Å². The minimum absolute atomic E-state index is 0.0788. The van der Waals surface area contributed by atoms with Gasteiger partial charge in [0.2, 0.25) is 5.91 Å². The van der Waals surface area contributed by atoms with Gasteiger partial charge in [0.25, 0.3) is 5.91 Å². The zero-order chi connectivity index (χ0) is 15.1. The molecule has 0 atom stereocenters. The van der Waals surface area contributed by atoms with Gasteiger partial charge in [0.15, 0.2) is 0 Å². The van der Waals surface area contributed by atoms with Crippen molar-refractivity contribution in [2.45, 2.75) is 33.2 Å².